The normalized spacial score (nSPS) is 11.4. The molecule has 27 heavy (non-hydrogen) atoms. The number of pyridine rings is 2. The zero-order chi connectivity index (χ0) is 18.5. The molecular formula is C19H10N4O3S. The lowest BCUT2D eigenvalue weighted by Gasteiger charge is -2.07. The first-order valence-electron chi connectivity index (χ1n) is 8.02. The molecule has 0 saturated carbocycles. The maximum absolute atomic E-state index is 12.8. The number of nitrogens with zero attached hydrogens (tertiary/aromatic N) is 4. The zero-order valence-corrected chi connectivity index (χ0v) is 14.5. The van der Waals surface area contributed by atoms with Crippen molar-refractivity contribution in [2.45, 2.75) is 0 Å². The van der Waals surface area contributed by atoms with Crippen molar-refractivity contribution in [3.8, 4) is 11.4 Å². The van der Waals surface area contributed by atoms with Gasteiger partial charge in [0.25, 0.3) is 0 Å². The molecule has 1 N–H and O–H groups in total. The lowest BCUT2D eigenvalue weighted by atomic mass is 10.2. The van der Waals surface area contributed by atoms with Gasteiger partial charge in [-0.25, -0.2) is 14.8 Å². The molecule has 130 valence electrons. The topological polar surface area (TPSA) is 97.4 Å². The molecule has 0 bridgehead atoms. The Bertz CT molecular complexity index is 1420. The number of carbonyl (C=O) groups is 1. The number of fused-ring (bicyclic) bond motifs is 5. The first-order valence-corrected chi connectivity index (χ1v) is 8.83. The molecule has 0 fully saturated rings. The number of carboxylic acid groups (broad SMARTS) is 1. The summed E-state index contributed by atoms with van der Waals surface area (Å²) in [7, 11) is 0. The van der Waals surface area contributed by atoms with Crippen LogP contribution in [0.25, 0.3) is 37.5 Å². The molecule has 0 atom stereocenters. The van der Waals surface area contributed by atoms with Gasteiger partial charge >= 0.3 is 5.97 Å². The number of carboxylic acids is 1. The van der Waals surface area contributed by atoms with Crippen molar-refractivity contribution in [1.82, 2.24) is 19.4 Å². The van der Waals surface area contributed by atoms with Crippen LogP contribution >= 0.6 is 11.3 Å². The number of thiazole rings is 1. The van der Waals surface area contributed by atoms with E-state index in [2.05, 4.69) is 15.0 Å². The monoisotopic (exact) mass is 374 g/mol. The van der Waals surface area contributed by atoms with E-state index in [9.17, 15) is 14.7 Å². The van der Waals surface area contributed by atoms with Crippen LogP contribution in [0.4, 0.5) is 0 Å². The van der Waals surface area contributed by atoms with Crippen LogP contribution in [0.2, 0.25) is 0 Å². The third-order valence-corrected chi connectivity index (χ3v) is 5.48. The number of para-hydroxylation sites is 1. The minimum atomic E-state index is -1.26. The summed E-state index contributed by atoms with van der Waals surface area (Å²) in [6.45, 7) is 0. The molecule has 7 nitrogen and oxygen atoms in total. The van der Waals surface area contributed by atoms with Gasteiger partial charge in [0.2, 0.25) is 5.43 Å². The van der Waals surface area contributed by atoms with Gasteiger partial charge in [-0.15, -0.1) is 11.3 Å². The Morgan fingerprint density at radius 2 is 1.89 bits per heavy atom. The van der Waals surface area contributed by atoms with Gasteiger partial charge in [-0.2, -0.15) is 0 Å². The largest absolute Gasteiger partial charge is 0.477 e. The molecular weight excluding hydrogens is 364 g/mol. The van der Waals surface area contributed by atoms with E-state index in [0.29, 0.717) is 16.3 Å². The Kier molecular flexibility index (Phi) is 3.28. The minimum absolute atomic E-state index is 0.172. The quantitative estimate of drug-likeness (QED) is 0.509. The average Bonchev–Trinajstić information content (AvgIpc) is 3.07. The smallest absolute Gasteiger partial charge is 0.342 e. The fourth-order valence-electron chi connectivity index (χ4n) is 3.12. The molecule has 0 aliphatic rings. The van der Waals surface area contributed by atoms with Crippen molar-refractivity contribution in [2.24, 2.45) is 0 Å². The van der Waals surface area contributed by atoms with Gasteiger partial charge < -0.3 is 5.11 Å². The molecule has 4 heterocycles. The van der Waals surface area contributed by atoms with Crippen molar-refractivity contribution in [3.63, 3.8) is 0 Å². The second-order valence-corrected chi connectivity index (χ2v) is 6.92. The summed E-state index contributed by atoms with van der Waals surface area (Å²) in [6.07, 6.45) is 4.67. The van der Waals surface area contributed by atoms with Crippen LogP contribution in [-0.4, -0.2) is 30.4 Å². The van der Waals surface area contributed by atoms with Crippen LogP contribution in [-0.2, 0) is 0 Å². The second kappa shape index (κ2) is 5.68. The van der Waals surface area contributed by atoms with Crippen molar-refractivity contribution in [1.29, 1.82) is 0 Å². The van der Waals surface area contributed by atoms with Crippen LogP contribution < -0.4 is 5.43 Å². The Morgan fingerprint density at radius 3 is 2.67 bits per heavy atom. The van der Waals surface area contributed by atoms with E-state index in [1.165, 1.54) is 17.5 Å². The molecule has 1 aromatic carbocycles. The zero-order valence-electron chi connectivity index (χ0n) is 13.7. The number of hydrogen-bond acceptors (Lipinski definition) is 6. The van der Waals surface area contributed by atoms with E-state index in [-0.39, 0.29) is 10.9 Å². The summed E-state index contributed by atoms with van der Waals surface area (Å²) in [5.74, 6) is -0.819. The average molecular weight is 374 g/mol. The number of aromatic nitrogens is 4. The highest BCUT2D eigenvalue weighted by atomic mass is 32.1. The van der Waals surface area contributed by atoms with E-state index in [0.717, 1.165) is 15.8 Å². The highest BCUT2D eigenvalue weighted by Crippen LogP contribution is 2.30. The van der Waals surface area contributed by atoms with Crippen LogP contribution in [0.3, 0.4) is 0 Å². The molecule has 4 aromatic heterocycles. The molecule has 0 saturated heterocycles. The van der Waals surface area contributed by atoms with E-state index >= 15 is 0 Å². The first-order chi connectivity index (χ1) is 13.1. The molecule has 0 spiro atoms. The van der Waals surface area contributed by atoms with Gasteiger partial charge in [0.05, 0.1) is 15.6 Å². The SMILES string of the molecule is O=C(O)c1c(=O)c2cnc(-c3ccncc3)nc2n2c1sc1ccccc12. The van der Waals surface area contributed by atoms with Gasteiger partial charge in [0.15, 0.2) is 11.5 Å². The summed E-state index contributed by atoms with van der Waals surface area (Å²) < 4.78 is 2.60. The highest BCUT2D eigenvalue weighted by Gasteiger charge is 2.22. The summed E-state index contributed by atoms with van der Waals surface area (Å²) in [5, 5.41) is 9.80. The first kappa shape index (κ1) is 15.6. The van der Waals surface area contributed by atoms with E-state index in [1.54, 1.807) is 28.9 Å². The maximum atomic E-state index is 12.8. The van der Waals surface area contributed by atoms with Gasteiger partial charge in [-0.3, -0.25) is 14.2 Å². The number of hydrogen-bond donors (Lipinski definition) is 1. The predicted octanol–water partition coefficient (Wildman–Crippen LogP) is 3.22. The van der Waals surface area contributed by atoms with Crippen LogP contribution in [0.15, 0.2) is 59.8 Å². The molecule has 0 aliphatic heterocycles. The molecule has 0 aliphatic carbocycles. The number of aromatic carboxylic acids is 1. The third-order valence-electron chi connectivity index (χ3n) is 4.33. The molecule has 0 unspecified atom stereocenters. The van der Waals surface area contributed by atoms with Crippen LogP contribution in [0.1, 0.15) is 10.4 Å². The fourth-order valence-corrected chi connectivity index (χ4v) is 4.30. The van der Waals surface area contributed by atoms with Gasteiger partial charge in [-0.05, 0) is 24.3 Å². The van der Waals surface area contributed by atoms with Crippen molar-refractivity contribution < 1.29 is 9.90 Å². The van der Waals surface area contributed by atoms with Gasteiger partial charge in [-0.1, -0.05) is 12.1 Å². The van der Waals surface area contributed by atoms with Crippen molar-refractivity contribution in [3.05, 3.63) is 70.8 Å². The third kappa shape index (κ3) is 2.24. The molecule has 5 aromatic rings. The minimum Gasteiger partial charge on any atom is -0.477 e. The lowest BCUT2D eigenvalue weighted by Crippen LogP contribution is -2.18. The second-order valence-electron chi connectivity index (χ2n) is 5.89. The van der Waals surface area contributed by atoms with Crippen LogP contribution in [0, 0.1) is 0 Å². The summed E-state index contributed by atoms with van der Waals surface area (Å²) in [6, 6.07) is 11.1. The molecule has 0 amide bonds. The summed E-state index contributed by atoms with van der Waals surface area (Å²) >= 11 is 1.26. The lowest BCUT2D eigenvalue weighted by molar-refractivity contribution is 0.0698. The number of rotatable bonds is 2. The summed E-state index contributed by atoms with van der Waals surface area (Å²) in [4.78, 5) is 37.8. The summed E-state index contributed by atoms with van der Waals surface area (Å²) in [5.41, 5.74) is 1.10. The Morgan fingerprint density at radius 1 is 1.11 bits per heavy atom. The Labute approximate surface area is 155 Å². The van der Waals surface area contributed by atoms with E-state index in [4.69, 9.17) is 0 Å². The predicted molar refractivity (Wildman–Crippen MR) is 102 cm³/mol. The standard InChI is InChI=1S/C19H10N4O3S/c24-15-11-9-21-16(10-5-7-20-8-6-10)22-17(11)23-12-3-1-2-4-13(12)27-18(23)14(15)19(25)26/h1-9H,(H,25,26). The number of benzene rings is 1. The van der Waals surface area contributed by atoms with Crippen molar-refractivity contribution >= 4 is 43.4 Å². The van der Waals surface area contributed by atoms with Gasteiger partial charge in [0.1, 0.15) is 10.4 Å². The Balaban J connectivity index is 2.02. The van der Waals surface area contributed by atoms with Crippen molar-refractivity contribution in [2.75, 3.05) is 0 Å². The van der Waals surface area contributed by atoms with Crippen LogP contribution in [0.5, 0.6) is 0 Å². The Hall–Kier alpha value is -3.65. The maximum Gasteiger partial charge on any atom is 0.342 e. The molecule has 8 heteroatoms. The molecule has 0 radical (unpaired) electrons. The van der Waals surface area contributed by atoms with Gasteiger partial charge in [0, 0.05) is 24.2 Å². The highest BCUT2D eigenvalue weighted by molar-refractivity contribution is 7.24. The fraction of sp³-hybridized carbons (Fsp3) is 0. The van der Waals surface area contributed by atoms with E-state index < -0.39 is 11.4 Å². The molecule has 5 rings (SSSR count). The van der Waals surface area contributed by atoms with E-state index in [1.807, 2.05) is 24.3 Å².